The Morgan fingerprint density at radius 2 is 2.27 bits per heavy atom. The number of hydrogen-bond donors (Lipinski definition) is 1. The quantitative estimate of drug-likeness (QED) is 0.850. The van der Waals surface area contributed by atoms with Crippen molar-refractivity contribution in [2.45, 2.75) is 31.8 Å². The summed E-state index contributed by atoms with van der Waals surface area (Å²) in [5.41, 5.74) is 0. The fourth-order valence-electron chi connectivity index (χ4n) is 2.11. The zero-order chi connectivity index (χ0) is 10.3. The molecule has 1 unspecified atom stereocenters. The van der Waals surface area contributed by atoms with Gasteiger partial charge in [0.15, 0.2) is 0 Å². The first-order valence-electron chi connectivity index (χ1n) is 5.48. The van der Waals surface area contributed by atoms with Gasteiger partial charge in [0.25, 0.3) is 0 Å². The molecule has 15 heavy (non-hydrogen) atoms. The molecule has 0 bridgehead atoms. The highest BCUT2D eigenvalue weighted by Gasteiger charge is 2.22. The van der Waals surface area contributed by atoms with Crippen LogP contribution < -0.4 is 0 Å². The first-order valence-corrected chi connectivity index (χ1v) is 7.17. The van der Waals surface area contributed by atoms with Crippen molar-refractivity contribution >= 4 is 32.1 Å². The maximum absolute atomic E-state index is 10.1. The van der Waals surface area contributed by atoms with E-state index in [1.165, 1.54) is 28.7 Å². The average molecular weight is 238 g/mol. The monoisotopic (exact) mass is 238 g/mol. The van der Waals surface area contributed by atoms with Crippen LogP contribution in [0.5, 0.6) is 0 Å². The summed E-state index contributed by atoms with van der Waals surface area (Å²) < 4.78 is 2.64. The number of hydrogen-bond acceptors (Lipinski definition) is 3. The Hall–Kier alpha value is -0.380. The minimum Gasteiger partial charge on any atom is -0.388 e. The van der Waals surface area contributed by atoms with Crippen molar-refractivity contribution in [1.29, 1.82) is 0 Å². The molecule has 80 valence electrons. The van der Waals surface area contributed by atoms with Crippen LogP contribution in [-0.4, -0.2) is 5.11 Å². The van der Waals surface area contributed by atoms with Gasteiger partial charge in [-0.1, -0.05) is 19.3 Å². The lowest BCUT2D eigenvalue weighted by Crippen LogP contribution is -2.14. The third-order valence-electron chi connectivity index (χ3n) is 3.27. The van der Waals surface area contributed by atoms with E-state index in [4.69, 9.17) is 0 Å². The second-order valence-electron chi connectivity index (χ2n) is 4.35. The van der Waals surface area contributed by atoms with Gasteiger partial charge in [0.1, 0.15) is 0 Å². The summed E-state index contributed by atoms with van der Waals surface area (Å²) in [7, 11) is 0. The summed E-state index contributed by atoms with van der Waals surface area (Å²) in [5.74, 6) is 0.778. The Labute approximate surface area is 97.4 Å². The Bertz CT molecular complexity index is 424. The molecule has 2 aromatic heterocycles. The number of thiophene rings is 2. The van der Waals surface area contributed by atoms with E-state index >= 15 is 0 Å². The van der Waals surface area contributed by atoms with E-state index in [1.54, 1.807) is 22.7 Å². The molecule has 0 saturated heterocycles. The highest BCUT2D eigenvalue weighted by Crippen LogP contribution is 2.39. The summed E-state index contributed by atoms with van der Waals surface area (Å²) in [5, 5.41) is 12.2. The Balaban J connectivity index is 1.77. The third kappa shape index (κ3) is 1.84. The molecule has 1 N–H and O–H groups in total. The molecule has 0 spiro atoms. The summed E-state index contributed by atoms with van der Waals surface area (Å²) in [6.07, 6.45) is 4.73. The van der Waals surface area contributed by atoms with Crippen LogP contribution in [0.15, 0.2) is 17.5 Å². The van der Waals surface area contributed by atoms with Crippen LogP contribution in [0.2, 0.25) is 0 Å². The van der Waals surface area contributed by atoms with Gasteiger partial charge in [-0.05, 0) is 29.9 Å². The molecule has 0 amide bonds. The standard InChI is InChI=1S/C12H14OS2/c13-9(6-8-2-1-3-8)11-7-12-10(15-11)4-5-14-12/h4-5,7-9,13H,1-3,6H2. The van der Waals surface area contributed by atoms with Gasteiger partial charge in [0.05, 0.1) is 6.10 Å². The first-order chi connectivity index (χ1) is 7.33. The SMILES string of the molecule is OC(CC1CCC1)c1cc2sccc2s1. The minimum atomic E-state index is -0.222. The van der Waals surface area contributed by atoms with E-state index in [0.717, 1.165) is 17.2 Å². The van der Waals surface area contributed by atoms with Gasteiger partial charge in [-0.2, -0.15) is 0 Å². The van der Waals surface area contributed by atoms with Crippen LogP contribution in [0.25, 0.3) is 9.40 Å². The first kappa shape index (κ1) is 9.82. The lowest BCUT2D eigenvalue weighted by Gasteiger charge is -2.27. The molecular weight excluding hydrogens is 224 g/mol. The molecular formula is C12H14OS2. The highest BCUT2D eigenvalue weighted by molar-refractivity contribution is 7.26. The summed E-state index contributed by atoms with van der Waals surface area (Å²) in [6, 6.07) is 4.30. The molecule has 0 radical (unpaired) electrons. The number of aliphatic hydroxyl groups excluding tert-OH is 1. The summed E-state index contributed by atoms with van der Waals surface area (Å²) in [6.45, 7) is 0. The Kier molecular flexibility index (Phi) is 2.54. The van der Waals surface area contributed by atoms with E-state index in [1.807, 2.05) is 0 Å². The zero-order valence-corrected chi connectivity index (χ0v) is 10.1. The van der Waals surface area contributed by atoms with Crippen molar-refractivity contribution in [1.82, 2.24) is 0 Å². The predicted octanol–water partition coefficient (Wildman–Crippen LogP) is 4.19. The van der Waals surface area contributed by atoms with E-state index < -0.39 is 0 Å². The maximum atomic E-state index is 10.1. The molecule has 1 saturated carbocycles. The van der Waals surface area contributed by atoms with Crippen LogP contribution in [-0.2, 0) is 0 Å². The predicted molar refractivity (Wildman–Crippen MR) is 66.6 cm³/mol. The Morgan fingerprint density at radius 3 is 2.93 bits per heavy atom. The van der Waals surface area contributed by atoms with E-state index in [0.29, 0.717) is 0 Å². The molecule has 1 aliphatic rings. The summed E-state index contributed by atoms with van der Waals surface area (Å²) in [4.78, 5) is 1.16. The molecule has 0 aliphatic heterocycles. The van der Waals surface area contributed by atoms with Gasteiger partial charge in [-0.25, -0.2) is 0 Å². The molecule has 0 aromatic carbocycles. The highest BCUT2D eigenvalue weighted by atomic mass is 32.1. The number of fused-ring (bicyclic) bond motifs is 1. The largest absolute Gasteiger partial charge is 0.388 e. The second-order valence-corrected chi connectivity index (χ2v) is 6.41. The normalized spacial score (nSPS) is 19.3. The number of aliphatic hydroxyl groups is 1. The molecule has 2 heterocycles. The maximum Gasteiger partial charge on any atom is 0.0885 e. The van der Waals surface area contributed by atoms with Crippen LogP contribution in [0.4, 0.5) is 0 Å². The van der Waals surface area contributed by atoms with E-state index in [2.05, 4.69) is 17.5 Å². The fourth-order valence-corrected chi connectivity index (χ4v) is 4.23. The van der Waals surface area contributed by atoms with Crippen molar-refractivity contribution in [3.63, 3.8) is 0 Å². The van der Waals surface area contributed by atoms with Gasteiger partial charge in [-0.3, -0.25) is 0 Å². The molecule has 1 nitrogen and oxygen atoms in total. The topological polar surface area (TPSA) is 20.2 Å². The lowest BCUT2D eigenvalue weighted by atomic mass is 9.81. The van der Waals surface area contributed by atoms with Crippen LogP contribution in [0, 0.1) is 5.92 Å². The summed E-state index contributed by atoms with van der Waals surface area (Å²) >= 11 is 3.51. The van der Waals surface area contributed by atoms with Gasteiger partial charge < -0.3 is 5.11 Å². The van der Waals surface area contributed by atoms with Crippen molar-refractivity contribution in [3.8, 4) is 0 Å². The smallest absolute Gasteiger partial charge is 0.0885 e. The minimum absolute atomic E-state index is 0.222. The van der Waals surface area contributed by atoms with Crippen LogP contribution >= 0.6 is 22.7 Å². The second kappa shape index (κ2) is 3.89. The van der Waals surface area contributed by atoms with Crippen molar-refractivity contribution in [2.75, 3.05) is 0 Å². The zero-order valence-electron chi connectivity index (χ0n) is 8.48. The van der Waals surface area contributed by atoms with Gasteiger partial charge >= 0.3 is 0 Å². The van der Waals surface area contributed by atoms with Gasteiger partial charge in [0.2, 0.25) is 0 Å². The molecule has 3 rings (SSSR count). The Morgan fingerprint density at radius 1 is 1.40 bits per heavy atom. The molecule has 3 heteroatoms. The van der Waals surface area contributed by atoms with Crippen molar-refractivity contribution in [3.05, 3.63) is 22.4 Å². The average Bonchev–Trinajstić information content (AvgIpc) is 2.69. The van der Waals surface area contributed by atoms with Gasteiger partial charge in [-0.15, -0.1) is 22.7 Å². The molecule has 1 aliphatic carbocycles. The fraction of sp³-hybridized carbons (Fsp3) is 0.500. The van der Waals surface area contributed by atoms with Crippen molar-refractivity contribution in [2.24, 2.45) is 5.92 Å². The van der Waals surface area contributed by atoms with Gasteiger partial charge in [0, 0.05) is 14.3 Å². The lowest BCUT2D eigenvalue weighted by molar-refractivity contribution is 0.121. The van der Waals surface area contributed by atoms with Crippen LogP contribution in [0.1, 0.15) is 36.7 Å². The number of rotatable bonds is 3. The van der Waals surface area contributed by atoms with E-state index in [9.17, 15) is 5.11 Å². The van der Waals surface area contributed by atoms with Crippen molar-refractivity contribution < 1.29 is 5.11 Å². The molecule has 2 aromatic rings. The third-order valence-corrected chi connectivity index (χ3v) is 5.46. The molecule has 1 fully saturated rings. The molecule has 1 atom stereocenters. The van der Waals surface area contributed by atoms with Crippen LogP contribution in [0.3, 0.4) is 0 Å². The van der Waals surface area contributed by atoms with E-state index in [-0.39, 0.29) is 6.10 Å².